The molecule has 0 atom stereocenters. The fourth-order valence-electron chi connectivity index (χ4n) is 10.8. The zero-order chi connectivity index (χ0) is 52.5. The maximum atomic E-state index is 6.83. The first kappa shape index (κ1) is 52.1. The molecule has 0 aliphatic rings. The minimum absolute atomic E-state index is 0. The van der Waals surface area contributed by atoms with Crippen LogP contribution >= 0.6 is 0 Å². The van der Waals surface area contributed by atoms with Crippen LogP contribution in [0.2, 0.25) is 0 Å². The van der Waals surface area contributed by atoms with Crippen LogP contribution in [0.4, 0.5) is 0 Å². The SMILES string of the molecule is CC(C)(C)c1ccnc(-c2[c-]cccc2)c1.Cc1cc(C(C)(C)C)cc(C)c1-c1ccc(-c2cc(C(C)C)c(-n3c(-c4[c-]ccc5c4oc4cc6c(cc45)oc4ccccc46)nc4ccccc43)c(C(C)C)c2)cc1.[Ir]. The zero-order valence-corrected chi connectivity index (χ0v) is 48.1. The van der Waals surface area contributed by atoms with Gasteiger partial charge < -0.3 is 18.4 Å². The average Bonchev–Trinajstić information content (AvgIpc) is 4.12. The molecule has 12 rings (SSSR count). The Bertz CT molecular complexity index is 4050. The van der Waals surface area contributed by atoms with Crippen molar-refractivity contribution in [3.8, 4) is 50.6 Å². The third-order valence-electron chi connectivity index (χ3n) is 14.9. The molecule has 0 unspecified atom stereocenters. The molecule has 5 nitrogen and oxygen atoms in total. The number of rotatable bonds is 7. The minimum Gasteiger partial charge on any atom is -0.501 e. The van der Waals surface area contributed by atoms with Gasteiger partial charge in [0.2, 0.25) is 0 Å². The van der Waals surface area contributed by atoms with Gasteiger partial charge in [0, 0.05) is 48.1 Å². The number of pyridine rings is 1. The van der Waals surface area contributed by atoms with Crippen LogP contribution in [0.25, 0.3) is 105 Å². The van der Waals surface area contributed by atoms with Crippen LogP contribution < -0.4 is 0 Å². The first-order chi connectivity index (χ1) is 35.9. The van der Waals surface area contributed by atoms with Gasteiger partial charge in [-0.2, -0.15) is 0 Å². The summed E-state index contributed by atoms with van der Waals surface area (Å²) in [6.07, 6.45) is 1.87. The van der Waals surface area contributed by atoms with Gasteiger partial charge in [-0.3, -0.25) is 4.98 Å². The quantitative estimate of drug-likeness (QED) is 0.149. The van der Waals surface area contributed by atoms with Crippen molar-refractivity contribution in [1.29, 1.82) is 0 Å². The molecule has 4 aromatic heterocycles. The Hall–Kier alpha value is -7.37. The van der Waals surface area contributed by atoms with E-state index in [1.54, 1.807) is 0 Å². The molecule has 0 N–H and O–H groups in total. The third-order valence-corrected chi connectivity index (χ3v) is 14.9. The normalized spacial score (nSPS) is 12.1. The van der Waals surface area contributed by atoms with Crippen molar-refractivity contribution in [2.24, 2.45) is 0 Å². The van der Waals surface area contributed by atoms with Crippen molar-refractivity contribution in [2.45, 2.75) is 106 Å². The summed E-state index contributed by atoms with van der Waals surface area (Å²) in [6, 6.07) is 62.6. The van der Waals surface area contributed by atoms with E-state index < -0.39 is 0 Å². The predicted octanol–water partition coefficient (Wildman–Crippen LogP) is 19.6. The number of para-hydroxylation sites is 3. The molecule has 0 saturated heterocycles. The Balaban J connectivity index is 0.000000331. The Morgan fingerprint density at radius 2 is 1.14 bits per heavy atom. The van der Waals surface area contributed by atoms with E-state index in [2.05, 4.69) is 214 Å². The van der Waals surface area contributed by atoms with Crippen molar-refractivity contribution in [3.63, 3.8) is 0 Å². The molecular weight excluding hydrogens is 1110 g/mol. The number of hydrogen-bond acceptors (Lipinski definition) is 4. The molecular formula is C70H65IrN3O2-2. The molecule has 0 spiro atoms. The summed E-state index contributed by atoms with van der Waals surface area (Å²) in [7, 11) is 0. The van der Waals surface area contributed by atoms with E-state index in [4.69, 9.17) is 13.8 Å². The number of nitrogens with zero attached hydrogens (tertiary/aromatic N) is 3. The third kappa shape index (κ3) is 9.63. The number of aromatic nitrogens is 3. The van der Waals surface area contributed by atoms with E-state index in [1.807, 2.05) is 54.7 Å². The molecule has 0 fully saturated rings. The van der Waals surface area contributed by atoms with Crippen LogP contribution in [0.15, 0.2) is 173 Å². The summed E-state index contributed by atoms with van der Waals surface area (Å²) < 4.78 is 15.5. The van der Waals surface area contributed by atoms with E-state index in [-0.39, 0.29) is 42.8 Å². The van der Waals surface area contributed by atoms with Gasteiger partial charge in [-0.25, -0.2) is 0 Å². The molecule has 0 aliphatic carbocycles. The van der Waals surface area contributed by atoms with Crippen LogP contribution in [0.5, 0.6) is 0 Å². The van der Waals surface area contributed by atoms with Gasteiger partial charge >= 0.3 is 0 Å². The van der Waals surface area contributed by atoms with E-state index in [0.717, 1.165) is 77.6 Å². The van der Waals surface area contributed by atoms with E-state index in [1.165, 1.54) is 61.3 Å². The minimum atomic E-state index is 0. The van der Waals surface area contributed by atoms with E-state index in [0.29, 0.717) is 0 Å². The molecule has 383 valence electrons. The molecule has 0 saturated carbocycles. The second-order valence-corrected chi connectivity index (χ2v) is 23.0. The summed E-state index contributed by atoms with van der Waals surface area (Å²) in [5.74, 6) is 1.28. The molecule has 0 bridgehead atoms. The molecule has 8 aromatic carbocycles. The van der Waals surface area contributed by atoms with Crippen LogP contribution in [0, 0.1) is 26.0 Å². The second kappa shape index (κ2) is 20.3. The summed E-state index contributed by atoms with van der Waals surface area (Å²) in [6.45, 7) is 27.2. The van der Waals surface area contributed by atoms with Crippen LogP contribution in [-0.2, 0) is 30.9 Å². The van der Waals surface area contributed by atoms with Crippen molar-refractivity contribution < 1.29 is 28.9 Å². The number of benzene rings is 8. The van der Waals surface area contributed by atoms with Crippen molar-refractivity contribution in [1.82, 2.24) is 14.5 Å². The molecule has 4 heterocycles. The zero-order valence-electron chi connectivity index (χ0n) is 45.7. The monoisotopic (exact) mass is 1170 g/mol. The van der Waals surface area contributed by atoms with Crippen LogP contribution in [0.3, 0.4) is 0 Å². The van der Waals surface area contributed by atoms with Gasteiger partial charge in [0.1, 0.15) is 16.7 Å². The smallest absolute Gasteiger partial charge is 0.136 e. The summed E-state index contributed by atoms with van der Waals surface area (Å²) in [5, 5.41) is 4.15. The summed E-state index contributed by atoms with van der Waals surface area (Å²) in [4.78, 5) is 9.76. The Kier molecular flexibility index (Phi) is 13.9. The Morgan fingerprint density at radius 3 is 1.80 bits per heavy atom. The number of hydrogen-bond donors (Lipinski definition) is 0. The Labute approximate surface area is 461 Å². The molecule has 12 aromatic rings. The number of fused-ring (bicyclic) bond motifs is 7. The Morgan fingerprint density at radius 1 is 0.526 bits per heavy atom. The number of imidazole rings is 1. The molecule has 6 heteroatoms. The maximum absolute atomic E-state index is 6.83. The largest absolute Gasteiger partial charge is 0.501 e. The average molecular weight is 1170 g/mol. The van der Waals surface area contributed by atoms with Crippen molar-refractivity contribution in [3.05, 3.63) is 209 Å². The van der Waals surface area contributed by atoms with Gasteiger partial charge in [-0.15, -0.1) is 54.1 Å². The van der Waals surface area contributed by atoms with Crippen LogP contribution in [0.1, 0.15) is 114 Å². The second-order valence-electron chi connectivity index (χ2n) is 23.0. The number of furan rings is 2. The standard InChI is InChI=1S/C55H49N2O2.C15H16N.Ir/c1-31(2)42-27-37(35-21-23-36(24-22-35)51-33(5)25-38(26-34(51)6)55(7,8)9)28-43(32(3)4)52(42)57-47-19-12-11-18-46(47)56-54(57)41-17-14-16-40-45-30-49-44(29-50(45)59-53(40)41)39-15-10-13-20-48(39)58-49;1-15(2,3)13-9-10-16-14(11-13)12-7-5-4-6-8-12;/h10-16,18-32H,1-9H3;4-7,9-11H,1-3H3;/q2*-1;. The molecule has 76 heavy (non-hydrogen) atoms. The van der Waals surface area contributed by atoms with Crippen molar-refractivity contribution >= 4 is 54.9 Å². The van der Waals surface area contributed by atoms with E-state index >= 15 is 0 Å². The van der Waals surface area contributed by atoms with Gasteiger partial charge in [0.15, 0.2) is 0 Å². The van der Waals surface area contributed by atoms with Gasteiger partial charge in [-0.1, -0.05) is 153 Å². The van der Waals surface area contributed by atoms with Crippen molar-refractivity contribution in [2.75, 3.05) is 0 Å². The first-order valence-electron chi connectivity index (χ1n) is 26.4. The predicted molar refractivity (Wildman–Crippen MR) is 314 cm³/mol. The molecule has 0 aliphatic heterocycles. The fourth-order valence-corrected chi connectivity index (χ4v) is 10.8. The van der Waals surface area contributed by atoms with Gasteiger partial charge in [0.25, 0.3) is 0 Å². The van der Waals surface area contributed by atoms with Crippen LogP contribution in [-0.4, -0.2) is 14.5 Å². The van der Waals surface area contributed by atoms with Gasteiger partial charge in [-0.05, 0) is 146 Å². The molecule has 0 amide bonds. The maximum Gasteiger partial charge on any atom is 0.136 e. The molecule has 1 radical (unpaired) electrons. The summed E-state index contributed by atoms with van der Waals surface area (Å²) >= 11 is 0. The van der Waals surface area contributed by atoms with Gasteiger partial charge in [0.05, 0.1) is 22.4 Å². The first-order valence-corrected chi connectivity index (χ1v) is 26.4. The topological polar surface area (TPSA) is 57.0 Å². The summed E-state index contributed by atoms with van der Waals surface area (Å²) in [5.41, 5.74) is 22.5. The number of aryl methyl sites for hydroxylation is 2. The fraction of sp³-hybridized carbons (Fsp3) is 0.229. The van der Waals surface area contributed by atoms with E-state index in [9.17, 15) is 0 Å².